The third-order valence-electron chi connectivity index (χ3n) is 4.87. The Morgan fingerprint density at radius 2 is 1.91 bits per heavy atom. The highest BCUT2D eigenvalue weighted by molar-refractivity contribution is 8.15. The van der Waals surface area contributed by atoms with E-state index in [0.717, 1.165) is 61.1 Å². The Bertz CT molecular complexity index is 1510. The van der Waals surface area contributed by atoms with Crippen LogP contribution >= 0.6 is 23.1 Å². The number of fused-ring (bicyclic) bond motifs is 3. The van der Waals surface area contributed by atoms with Gasteiger partial charge in [0.15, 0.2) is 0 Å². The molecule has 0 saturated carbocycles. The smallest absolute Gasteiger partial charge is 0.339 e. The van der Waals surface area contributed by atoms with Crippen LogP contribution < -0.4 is 4.18 Å². The van der Waals surface area contributed by atoms with Gasteiger partial charge in [0.05, 0.1) is 21.2 Å². The molecule has 0 bridgehead atoms. The molecule has 0 N–H and O–H groups in total. The minimum absolute atomic E-state index is 0.157. The van der Waals surface area contributed by atoms with Crippen molar-refractivity contribution in [3.63, 3.8) is 0 Å². The van der Waals surface area contributed by atoms with Gasteiger partial charge in [-0.2, -0.15) is 8.42 Å². The Morgan fingerprint density at radius 3 is 2.59 bits per heavy atom. The van der Waals surface area contributed by atoms with Crippen molar-refractivity contribution in [2.75, 3.05) is 5.75 Å². The lowest BCUT2D eigenvalue weighted by atomic mass is 10.1. The summed E-state index contributed by atoms with van der Waals surface area (Å²) in [5.41, 5.74) is 0.673. The van der Waals surface area contributed by atoms with Gasteiger partial charge in [-0.15, -0.1) is 23.1 Å². The van der Waals surface area contributed by atoms with E-state index in [-0.39, 0.29) is 22.4 Å². The number of benzene rings is 3. The number of nitro groups is 1. The van der Waals surface area contributed by atoms with Crippen molar-refractivity contribution in [3.05, 3.63) is 69.7 Å². The number of nitro benzene ring substituents is 1. The van der Waals surface area contributed by atoms with Gasteiger partial charge in [-0.05, 0) is 48.7 Å². The molecular weight excluding hydrogens is 470 g/mol. The lowest BCUT2D eigenvalue weighted by Gasteiger charge is -2.08. The largest absolute Gasteiger partial charge is 0.379 e. The van der Waals surface area contributed by atoms with E-state index < -0.39 is 15.0 Å². The normalized spacial score (nSPS) is 16.4. The van der Waals surface area contributed by atoms with Crippen LogP contribution in [0.5, 0.6) is 5.75 Å². The molecule has 1 atom stereocenters. The van der Waals surface area contributed by atoms with Gasteiger partial charge in [0.25, 0.3) is 5.69 Å². The van der Waals surface area contributed by atoms with Crippen molar-refractivity contribution in [2.24, 2.45) is 4.99 Å². The minimum Gasteiger partial charge on any atom is -0.379 e. The molecule has 0 saturated heterocycles. The fourth-order valence-corrected chi connectivity index (χ4v) is 6.45. The van der Waals surface area contributed by atoms with Crippen molar-refractivity contribution >= 4 is 64.9 Å². The Labute approximate surface area is 191 Å². The van der Waals surface area contributed by atoms with Gasteiger partial charge >= 0.3 is 10.1 Å². The van der Waals surface area contributed by atoms with Gasteiger partial charge in [-0.3, -0.25) is 15.1 Å². The van der Waals surface area contributed by atoms with Crippen LogP contribution in [0.25, 0.3) is 21.0 Å². The molecular formula is C21H15N3O5S3. The highest BCUT2D eigenvalue weighted by atomic mass is 32.2. The Kier molecular flexibility index (Phi) is 5.11. The van der Waals surface area contributed by atoms with Gasteiger partial charge in [-0.25, -0.2) is 4.98 Å². The third kappa shape index (κ3) is 3.83. The third-order valence-corrected chi connectivity index (χ3v) is 8.59. The molecule has 0 amide bonds. The zero-order valence-corrected chi connectivity index (χ0v) is 19.0. The quantitative estimate of drug-likeness (QED) is 0.222. The first-order chi connectivity index (χ1) is 15.3. The molecule has 1 aliphatic rings. The first-order valence-corrected chi connectivity index (χ1v) is 12.7. The summed E-state index contributed by atoms with van der Waals surface area (Å²) in [5, 5.41) is 14.4. The molecule has 4 aromatic rings. The van der Waals surface area contributed by atoms with Crippen molar-refractivity contribution in [2.45, 2.75) is 17.9 Å². The van der Waals surface area contributed by atoms with Gasteiger partial charge < -0.3 is 4.18 Å². The SMILES string of the molecule is CC1CSC(c2nc3ccc4cc(OS(=O)(=O)c5ccc([N+](=O)[O-])cc5)ccc4c3s2)=N1. The van der Waals surface area contributed by atoms with E-state index in [1.807, 2.05) is 18.2 Å². The van der Waals surface area contributed by atoms with Gasteiger partial charge in [0.2, 0.25) is 0 Å². The summed E-state index contributed by atoms with van der Waals surface area (Å²) in [7, 11) is -4.13. The maximum atomic E-state index is 12.6. The predicted octanol–water partition coefficient (Wildman–Crippen LogP) is 5.01. The van der Waals surface area contributed by atoms with E-state index >= 15 is 0 Å². The summed E-state index contributed by atoms with van der Waals surface area (Å²) in [5.74, 6) is 1.11. The zero-order valence-electron chi connectivity index (χ0n) is 16.6. The number of rotatable bonds is 5. The second kappa shape index (κ2) is 7.84. The van der Waals surface area contributed by atoms with Crippen LogP contribution in [-0.4, -0.2) is 35.2 Å². The molecule has 0 spiro atoms. The molecule has 1 aromatic heterocycles. The molecule has 0 aliphatic carbocycles. The maximum absolute atomic E-state index is 12.6. The Balaban J connectivity index is 1.47. The van der Waals surface area contributed by atoms with E-state index in [1.54, 1.807) is 35.2 Å². The van der Waals surface area contributed by atoms with Gasteiger partial charge in [-0.1, -0.05) is 6.07 Å². The summed E-state index contributed by atoms with van der Waals surface area (Å²) in [4.78, 5) is 19.4. The van der Waals surface area contributed by atoms with Crippen LogP contribution in [0.1, 0.15) is 11.9 Å². The van der Waals surface area contributed by atoms with Crippen LogP contribution in [-0.2, 0) is 10.1 Å². The number of non-ortho nitro benzene ring substituents is 1. The van der Waals surface area contributed by atoms with Crippen molar-refractivity contribution in [3.8, 4) is 5.75 Å². The van der Waals surface area contributed by atoms with E-state index in [4.69, 9.17) is 9.17 Å². The van der Waals surface area contributed by atoms with Crippen LogP contribution in [0.3, 0.4) is 0 Å². The van der Waals surface area contributed by atoms with Crippen molar-refractivity contribution in [1.29, 1.82) is 0 Å². The first kappa shape index (κ1) is 20.9. The van der Waals surface area contributed by atoms with Crippen LogP contribution in [0, 0.1) is 10.1 Å². The molecule has 2 heterocycles. The van der Waals surface area contributed by atoms with Crippen LogP contribution in [0.4, 0.5) is 5.69 Å². The lowest BCUT2D eigenvalue weighted by Crippen LogP contribution is -2.09. The fourth-order valence-electron chi connectivity index (χ4n) is 3.34. The number of aliphatic imine (C=N–C) groups is 1. The molecule has 5 rings (SSSR count). The monoisotopic (exact) mass is 485 g/mol. The molecule has 0 fully saturated rings. The molecule has 0 radical (unpaired) electrons. The highest BCUT2D eigenvalue weighted by Crippen LogP contribution is 2.35. The highest BCUT2D eigenvalue weighted by Gasteiger charge is 2.21. The van der Waals surface area contributed by atoms with Gasteiger partial charge in [0, 0.05) is 23.3 Å². The second-order valence-corrected chi connectivity index (χ2v) is 10.8. The lowest BCUT2D eigenvalue weighted by molar-refractivity contribution is -0.384. The molecule has 11 heteroatoms. The number of thioether (sulfide) groups is 1. The standard InChI is InChI=1S/C21H15N3O5S3/c1-12-11-30-20(22-12)21-23-18-9-2-13-10-15(5-8-17(13)19(18)31-21)29-32(27,28)16-6-3-14(4-7-16)24(25)26/h2-10,12H,11H2,1H3. The average molecular weight is 486 g/mol. The Morgan fingerprint density at radius 1 is 1.12 bits per heavy atom. The summed E-state index contributed by atoms with van der Waals surface area (Å²) in [6, 6.07) is 13.7. The minimum atomic E-state index is -4.13. The summed E-state index contributed by atoms with van der Waals surface area (Å²) < 4.78 is 31.5. The van der Waals surface area contributed by atoms with Gasteiger partial charge in [0.1, 0.15) is 20.7 Å². The number of hydrogen-bond acceptors (Lipinski definition) is 9. The van der Waals surface area contributed by atoms with Crippen molar-refractivity contribution in [1.82, 2.24) is 4.98 Å². The predicted molar refractivity (Wildman–Crippen MR) is 126 cm³/mol. The topological polar surface area (TPSA) is 112 Å². The van der Waals surface area contributed by atoms with E-state index in [9.17, 15) is 18.5 Å². The summed E-state index contributed by atoms with van der Waals surface area (Å²) >= 11 is 3.28. The van der Waals surface area contributed by atoms with Crippen LogP contribution in [0.2, 0.25) is 0 Å². The molecule has 3 aromatic carbocycles. The van der Waals surface area contributed by atoms with E-state index in [1.165, 1.54) is 0 Å². The number of hydrogen-bond donors (Lipinski definition) is 0. The molecule has 8 nitrogen and oxygen atoms in total. The van der Waals surface area contributed by atoms with Crippen molar-refractivity contribution < 1.29 is 17.5 Å². The maximum Gasteiger partial charge on any atom is 0.339 e. The Hall–Kier alpha value is -3.02. The molecule has 1 aliphatic heterocycles. The van der Waals surface area contributed by atoms with E-state index in [0.29, 0.717) is 0 Å². The van der Waals surface area contributed by atoms with E-state index in [2.05, 4.69) is 11.9 Å². The number of nitrogens with zero attached hydrogens (tertiary/aromatic N) is 3. The molecule has 1 unspecified atom stereocenters. The first-order valence-electron chi connectivity index (χ1n) is 9.53. The zero-order chi connectivity index (χ0) is 22.5. The number of thiazole rings is 1. The summed E-state index contributed by atoms with van der Waals surface area (Å²) in [6.07, 6.45) is 0. The van der Waals surface area contributed by atoms with Crippen LogP contribution in [0.15, 0.2) is 64.5 Å². The average Bonchev–Trinajstić information content (AvgIpc) is 3.39. The molecule has 32 heavy (non-hydrogen) atoms. The fraction of sp³-hybridized carbons (Fsp3) is 0.143. The second-order valence-electron chi connectivity index (χ2n) is 7.20. The number of aromatic nitrogens is 1. The summed E-state index contributed by atoms with van der Waals surface area (Å²) in [6.45, 7) is 2.08. The molecule has 162 valence electrons.